The highest BCUT2D eigenvalue weighted by molar-refractivity contribution is 6.62. The number of ether oxygens (including phenoxy) is 3. The molecule has 16 rings (SSSR count). The van der Waals surface area contributed by atoms with E-state index in [1.165, 1.54) is 9.80 Å². The van der Waals surface area contributed by atoms with E-state index in [4.69, 9.17) is 64.1 Å². The zero-order chi connectivity index (χ0) is 78.4. The summed E-state index contributed by atoms with van der Waals surface area (Å²) in [4.78, 5) is 84.2. The Morgan fingerprint density at radius 1 is 0.596 bits per heavy atom. The molecular weight excluding hydrogens is 1490 g/mol. The number of anilines is 7. The number of fused-ring (bicyclic) bond motifs is 3. The molecule has 0 radical (unpaired) electrons. The number of aromatic nitrogens is 3. The fourth-order valence-electron chi connectivity index (χ4n) is 14.5. The number of nitrogens with one attached hydrogen (secondary N) is 3. The van der Waals surface area contributed by atoms with Crippen molar-refractivity contribution in [1.82, 2.24) is 30.1 Å². The molecule has 2 aromatic carbocycles. The summed E-state index contributed by atoms with van der Waals surface area (Å²) in [7, 11) is -0.556. The predicted octanol–water partition coefficient (Wildman–Crippen LogP) is 13.1. The number of benzene rings is 2. The Labute approximate surface area is 647 Å². The predicted molar refractivity (Wildman–Crippen MR) is 409 cm³/mol. The lowest BCUT2D eigenvalue weighted by Crippen LogP contribution is -2.41. The molecule has 0 spiro atoms. The van der Waals surface area contributed by atoms with Gasteiger partial charge in [0.25, 0.3) is 0 Å². The average Bonchev–Trinajstić information content (AvgIpc) is 1.60. The van der Waals surface area contributed by atoms with Gasteiger partial charge in [0.1, 0.15) is 34.2 Å². The molecule has 8 aliphatic heterocycles. The Kier molecular flexibility index (Phi) is 26.6. The maximum absolute atomic E-state index is 12.7. The van der Waals surface area contributed by atoms with E-state index < -0.39 is 67.4 Å². The molecule has 33 heteroatoms. The molecule has 11 aliphatic rings. The zero-order valence-electron chi connectivity index (χ0n) is 62.7. The molecule has 5 aromatic rings. The van der Waals surface area contributed by atoms with Crippen LogP contribution in [0.15, 0.2) is 72.8 Å². The number of rotatable bonds is 12. The number of piperidine rings is 3. The number of nitrogen functional groups attached to an aromatic ring is 1. The number of halogens is 9. The Morgan fingerprint density at radius 2 is 1.06 bits per heavy atom. The van der Waals surface area contributed by atoms with Crippen molar-refractivity contribution in [2.24, 2.45) is 47.3 Å². The van der Waals surface area contributed by atoms with Gasteiger partial charge in [-0.15, -0.1) is 0 Å². The third-order valence-electron chi connectivity index (χ3n) is 21.6. The van der Waals surface area contributed by atoms with Crippen molar-refractivity contribution in [3.63, 3.8) is 0 Å². The minimum absolute atomic E-state index is 0.0835. The molecule has 11 heterocycles. The standard InChI is InChI=1S/C24H26F3N5O2.C20H28BF3N2O3.C14H16ClN3O2.C9H10Cl2N2O.C5H7NO.C4H10O/c1-13-2-3-17(29-23(34)31-5-4-14(11-31)10-24(25,26)27)9-18(13)15-7-20(28)30-21(8-15)32-12-16-6-19(16)22(32)33;1-13-6-7-15(10-16(13)21-28-18(2,3)19(4,5)29-21)25-17(27)26-9-8-14(12-26)11-20(22,23)24;15-10-6-12(17-1-3-20-4-2-17)16-13(7-10)18-8-9-5-11(9)14(18)19;10-7-5-8(11)12-9(6-7)13-1-3-14-4-2-13;7-5-4-1-3(4)2-6-5;1-3-5-4-2/h2-3,7-9,14,16,19H,4-6,10-12H2,1H3,(H2,28,30)(H,29,34);6-7,10,14H,8-9,11-12H2,1-5H3,(H,25,27);6-7,9,11H,1-5,8H2;5-6H,1-4H2;3-4H,1-2H2,(H,6,7);3-4H2,1-2H3/t14-,16?,19?;14-;;;;/m00..../s1. The minimum Gasteiger partial charge on any atom is -0.399 e. The van der Waals surface area contributed by atoms with Crippen LogP contribution in [0, 0.1) is 61.2 Å². The maximum atomic E-state index is 12.7. The average molecular weight is 1580 g/mol. The van der Waals surface area contributed by atoms with Crippen molar-refractivity contribution in [2.75, 3.05) is 148 Å². The Bertz CT molecular complexity index is 4050. The van der Waals surface area contributed by atoms with E-state index in [2.05, 4.69) is 40.7 Å². The van der Waals surface area contributed by atoms with Crippen LogP contribution in [0.25, 0.3) is 11.1 Å². The van der Waals surface area contributed by atoms with Crippen molar-refractivity contribution in [2.45, 2.75) is 124 Å². The lowest BCUT2D eigenvalue weighted by atomic mass is 9.76. The summed E-state index contributed by atoms with van der Waals surface area (Å²) in [5.41, 5.74) is 10.5. The topological polar surface area (TPSA) is 252 Å². The van der Waals surface area contributed by atoms with Gasteiger partial charge in [-0.25, -0.2) is 24.5 Å². The molecule has 7 amide bonds. The molecule has 3 saturated carbocycles. The van der Waals surface area contributed by atoms with E-state index in [0.717, 1.165) is 130 Å². The normalized spacial score (nSPS) is 24.5. The lowest BCUT2D eigenvalue weighted by Gasteiger charge is -2.32. The number of aryl methyl sites for hydroxylation is 2. The molecular formula is C76H97BCl3F6N13O10. The van der Waals surface area contributed by atoms with Gasteiger partial charge in [-0.3, -0.25) is 24.2 Å². The number of nitrogens with zero attached hydrogens (tertiary/aromatic N) is 9. The van der Waals surface area contributed by atoms with E-state index in [1.807, 2.05) is 85.7 Å². The number of morpholine rings is 2. The first kappa shape index (κ1) is 82.5. The van der Waals surface area contributed by atoms with E-state index in [-0.39, 0.29) is 42.6 Å². The van der Waals surface area contributed by atoms with Crippen molar-refractivity contribution < 1.29 is 73.8 Å². The summed E-state index contributed by atoms with van der Waals surface area (Å²) < 4.78 is 103. The Hall–Kier alpha value is -7.45. The van der Waals surface area contributed by atoms with E-state index >= 15 is 0 Å². The number of amides is 7. The van der Waals surface area contributed by atoms with Crippen molar-refractivity contribution >= 4 is 118 Å². The SMILES string of the molecule is CCOCC.Cc1ccc(NC(=O)N2CC[C@@H](CC(F)(F)F)C2)cc1-c1cc(N)nc(N2CC3CC3C2=O)c1.Cc1ccc(NC(=O)N2CC[C@@H](CC(F)(F)F)C2)cc1B1OC(C)(C)C(C)(C)O1.Clc1cc(Cl)nc(N2CCOCC2)c1.O=C1C2CC2CN1c1cc(Cl)cc(N2CCOCC2)n1.O=C1NCC2CC12. The van der Waals surface area contributed by atoms with E-state index in [9.17, 15) is 50.3 Å². The maximum Gasteiger partial charge on any atom is 0.495 e. The molecule has 8 atom stereocenters. The number of carbonyl (C=O) groups is 5. The molecule has 23 nitrogen and oxygen atoms in total. The summed E-state index contributed by atoms with van der Waals surface area (Å²) in [6.45, 7) is 26.8. The van der Waals surface area contributed by atoms with Gasteiger partial charge in [0.2, 0.25) is 17.7 Å². The summed E-state index contributed by atoms with van der Waals surface area (Å²) in [5.74, 6) is 5.07. The molecule has 109 heavy (non-hydrogen) atoms. The van der Waals surface area contributed by atoms with Crippen LogP contribution in [0.3, 0.4) is 0 Å². The highest BCUT2D eigenvalue weighted by atomic mass is 35.5. The summed E-state index contributed by atoms with van der Waals surface area (Å²) >= 11 is 17.9. The number of likely N-dealkylation sites (tertiary alicyclic amines) is 2. The van der Waals surface area contributed by atoms with Crippen LogP contribution in [0.5, 0.6) is 0 Å². The fraction of sp³-hybridized carbons (Fsp3) is 0.579. The van der Waals surface area contributed by atoms with Crippen LogP contribution in [-0.2, 0) is 37.9 Å². The highest BCUT2D eigenvalue weighted by Crippen LogP contribution is 2.49. The number of urea groups is 2. The first-order chi connectivity index (χ1) is 51.6. The second kappa shape index (κ2) is 35.1. The minimum atomic E-state index is -4.23. The van der Waals surface area contributed by atoms with Gasteiger partial charge >= 0.3 is 31.5 Å². The number of hydrogen-bond acceptors (Lipinski definition) is 16. The van der Waals surface area contributed by atoms with Gasteiger partial charge in [-0.2, -0.15) is 26.3 Å². The molecule has 0 bridgehead atoms. The van der Waals surface area contributed by atoms with Crippen LogP contribution in [0.2, 0.25) is 15.2 Å². The smallest absolute Gasteiger partial charge is 0.399 e. The van der Waals surface area contributed by atoms with Gasteiger partial charge in [-0.05, 0) is 200 Å². The van der Waals surface area contributed by atoms with Crippen LogP contribution in [0.1, 0.15) is 97.6 Å². The van der Waals surface area contributed by atoms with Gasteiger partial charge in [0.05, 0.1) is 37.6 Å². The monoisotopic (exact) mass is 1580 g/mol. The van der Waals surface area contributed by atoms with Gasteiger partial charge < -0.3 is 64.8 Å². The second-order valence-electron chi connectivity index (χ2n) is 30.4. The summed E-state index contributed by atoms with van der Waals surface area (Å²) in [6.07, 6.45) is -6.31. The van der Waals surface area contributed by atoms with Crippen molar-refractivity contribution in [3.8, 4) is 11.1 Å². The lowest BCUT2D eigenvalue weighted by molar-refractivity contribution is -0.144. The number of pyridine rings is 3. The Morgan fingerprint density at radius 3 is 1.50 bits per heavy atom. The highest BCUT2D eigenvalue weighted by Gasteiger charge is 2.55. The van der Waals surface area contributed by atoms with Crippen LogP contribution in [0.4, 0.5) is 76.4 Å². The van der Waals surface area contributed by atoms with Crippen LogP contribution >= 0.6 is 34.8 Å². The van der Waals surface area contributed by atoms with Crippen LogP contribution < -0.4 is 46.7 Å². The van der Waals surface area contributed by atoms with E-state index in [1.54, 1.807) is 52.3 Å². The number of carbonyl (C=O) groups excluding carboxylic acids is 5. The van der Waals surface area contributed by atoms with Crippen molar-refractivity contribution in [3.05, 3.63) is 99.1 Å². The third-order valence-corrected chi connectivity index (χ3v) is 22.3. The molecule has 8 saturated heterocycles. The second-order valence-corrected chi connectivity index (χ2v) is 31.7. The number of alkyl halides is 6. The van der Waals surface area contributed by atoms with Gasteiger partial charge in [0.15, 0.2) is 0 Å². The molecule has 3 aromatic heterocycles. The zero-order valence-corrected chi connectivity index (χ0v) is 64.9. The van der Waals surface area contributed by atoms with Gasteiger partial charge in [0, 0.05) is 137 Å². The first-order valence-corrected chi connectivity index (χ1v) is 38.5. The molecule has 5 N–H and O–H groups in total. The quantitative estimate of drug-likeness (QED) is 0.0515. The number of hydrogen-bond donors (Lipinski definition) is 4. The molecule has 592 valence electrons. The fourth-order valence-corrected chi connectivity index (χ4v) is 15.2. The van der Waals surface area contributed by atoms with Crippen LogP contribution in [-0.4, -0.2) is 197 Å². The molecule has 3 aliphatic carbocycles. The summed E-state index contributed by atoms with van der Waals surface area (Å²) in [6, 6.07) is 20.7. The molecule has 6 unspecified atom stereocenters. The van der Waals surface area contributed by atoms with E-state index in [0.29, 0.717) is 107 Å². The molecule has 11 fully saturated rings. The van der Waals surface area contributed by atoms with Crippen molar-refractivity contribution in [1.29, 1.82) is 0 Å². The first-order valence-electron chi connectivity index (χ1n) is 37.4. The van der Waals surface area contributed by atoms with Gasteiger partial charge in [-0.1, -0.05) is 52.5 Å². The largest absolute Gasteiger partial charge is 0.495 e. The summed E-state index contributed by atoms with van der Waals surface area (Å²) in [5, 5.41) is 10.1. The Balaban J connectivity index is 0.000000142. The third kappa shape index (κ3) is 22.0. The number of nitrogens with two attached hydrogens (primary N) is 1.